The van der Waals surface area contributed by atoms with E-state index in [-0.39, 0.29) is 0 Å². The van der Waals surface area contributed by atoms with E-state index in [1.807, 2.05) is 24.4 Å². The summed E-state index contributed by atoms with van der Waals surface area (Å²) in [6, 6.07) is 47.0. The molecule has 0 aliphatic rings. The lowest BCUT2D eigenvalue weighted by atomic mass is 9.96. The van der Waals surface area contributed by atoms with Crippen molar-refractivity contribution in [3.63, 3.8) is 0 Å². The van der Waals surface area contributed by atoms with Crippen LogP contribution >= 0.6 is 0 Å². The van der Waals surface area contributed by atoms with E-state index >= 15 is 0 Å². The first kappa shape index (κ1) is 23.6. The molecule has 44 heavy (non-hydrogen) atoms. The fourth-order valence-corrected chi connectivity index (χ4v) is 7.00. The molecule has 0 atom stereocenters. The molecule has 0 fully saturated rings. The summed E-state index contributed by atoms with van der Waals surface area (Å²) in [5.74, 6) is 0. The highest BCUT2D eigenvalue weighted by atomic mass is 16.3. The monoisotopic (exact) mass is 561 g/mol. The van der Waals surface area contributed by atoms with Crippen molar-refractivity contribution >= 4 is 71.2 Å². The van der Waals surface area contributed by atoms with Gasteiger partial charge in [0.25, 0.3) is 0 Å². The van der Waals surface area contributed by atoms with E-state index in [9.17, 15) is 0 Å². The van der Waals surface area contributed by atoms with Crippen molar-refractivity contribution in [3.8, 4) is 22.3 Å². The van der Waals surface area contributed by atoms with Gasteiger partial charge in [-0.3, -0.25) is 9.38 Å². The van der Waals surface area contributed by atoms with Crippen molar-refractivity contribution in [1.29, 1.82) is 0 Å². The predicted octanol–water partition coefficient (Wildman–Crippen LogP) is 10.6. The van der Waals surface area contributed by atoms with Crippen molar-refractivity contribution in [2.75, 3.05) is 0 Å². The summed E-state index contributed by atoms with van der Waals surface area (Å²) >= 11 is 0. The standard InChI is InChI=1S/C40H23N3O/c1-4-16-36-29(11-1)30-13-6-12-28(39(30)44-36)27-9-5-8-25(22-27)26-18-19-31-35(23-26)43-34-15-3-2-14-33(34)42-40(43)32-20-17-24-10-7-21-41-38(24)37(31)32/h1-23H. The summed E-state index contributed by atoms with van der Waals surface area (Å²) < 4.78 is 8.69. The Hall–Kier alpha value is -6.00. The van der Waals surface area contributed by atoms with E-state index in [1.165, 1.54) is 0 Å². The van der Waals surface area contributed by atoms with Gasteiger partial charge < -0.3 is 4.42 Å². The molecule has 4 nitrogen and oxygen atoms in total. The zero-order chi connectivity index (χ0) is 28.8. The van der Waals surface area contributed by atoms with E-state index in [0.29, 0.717) is 0 Å². The summed E-state index contributed by atoms with van der Waals surface area (Å²) in [6.07, 6.45) is 1.88. The summed E-state index contributed by atoms with van der Waals surface area (Å²) in [4.78, 5) is 9.97. The summed E-state index contributed by atoms with van der Waals surface area (Å²) in [7, 11) is 0. The Morgan fingerprint density at radius 1 is 0.545 bits per heavy atom. The predicted molar refractivity (Wildman–Crippen MR) is 181 cm³/mol. The van der Waals surface area contributed by atoms with Gasteiger partial charge in [-0.15, -0.1) is 0 Å². The Morgan fingerprint density at radius 3 is 2.36 bits per heavy atom. The van der Waals surface area contributed by atoms with Crippen molar-refractivity contribution in [2.45, 2.75) is 0 Å². The second-order valence-corrected chi connectivity index (χ2v) is 11.4. The van der Waals surface area contributed by atoms with Crippen molar-refractivity contribution in [1.82, 2.24) is 14.4 Å². The smallest absolute Gasteiger partial charge is 0.146 e. The van der Waals surface area contributed by atoms with Crippen molar-refractivity contribution < 1.29 is 4.42 Å². The molecule has 0 amide bonds. The number of hydrogen-bond donors (Lipinski definition) is 0. The third-order valence-electron chi connectivity index (χ3n) is 9.00. The average Bonchev–Trinajstić information content (AvgIpc) is 3.67. The van der Waals surface area contributed by atoms with Crippen LogP contribution in [0.4, 0.5) is 0 Å². The quantitative estimate of drug-likeness (QED) is 0.197. The van der Waals surface area contributed by atoms with E-state index in [0.717, 1.165) is 93.5 Å². The first-order chi connectivity index (χ1) is 21.8. The molecule has 0 N–H and O–H groups in total. The molecule has 0 aliphatic heterocycles. The molecule has 6 aromatic carbocycles. The van der Waals surface area contributed by atoms with E-state index in [4.69, 9.17) is 14.4 Å². The van der Waals surface area contributed by atoms with Crippen LogP contribution in [-0.2, 0) is 0 Å². The fraction of sp³-hybridized carbons (Fsp3) is 0. The van der Waals surface area contributed by atoms with Gasteiger partial charge in [-0.1, -0.05) is 91.0 Å². The molecule has 0 unspecified atom stereocenters. The maximum absolute atomic E-state index is 6.38. The molecular formula is C40H23N3O. The fourth-order valence-electron chi connectivity index (χ4n) is 7.00. The van der Waals surface area contributed by atoms with E-state index in [1.54, 1.807) is 0 Å². The number of furan rings is 1. The largest absolute Gasteiger partial charge is 0.455 e. The van der Waals surface area contributed by atoms with Gasteiger partial charge in [0.1, 0.15) is 16.8 Å². The summed E-state index contributed by atoms with van der Waals surface area (Å²) in [5, 5.41) is 6.80. The van der Waals surface area contributed by atoms with Gasteiger partial charge in [0, 0.05) is 44.1 Å². The van der Waals surface area contributed by atoms with Crippen molar-refractivity contribution in [2.24, 2.45) is 0 Å². The molecule has 0 saturated heterocycles. The second kappa shape index (κ2) is 8.76. The molecule has 0 aliphatic carbocycles. The number of hydrogen-bond acceptors (Lipinski definition) is 3. The maximum Gasteiger partial charge on any atom is 0.146 e. The Morgan fingerprint density at radius 2 is 1.36 bits per heavy atom. The van der Waals surface area contributed by atoms with Gasteiger partial charge in [0.05, 0.1) is 22.1 Å². The molecule has 0 bridgehead atoms. The molecule has 0 spiro atoms. The lowest BCUT2D eigenvalue weighted by Gasteiger charge is -2.13. The molecule has 204 valence electrons. The minimum Gasteiger partial charge on any atom is -0.455 e. The van der Waals surface area contributed by atoms with Crippen LogP contribution in [0.3, 0.4) is 0 Å². The van der Waals surface area contributed by atoms with Gasteiger partial charge >= 0.3 is 0 Å². The highest BCUT2D eigenvalue weighted by Gasteiger charge is 2.17. The number of pyridine rings is 2. The number of rotatable bonds is 2. The lowest BCUT2D eigenvalue weighted by Crippen LogP contribution is -1.94. The first-order valence-corrected chi connectivity index (χ1v) is 14.8. The molecule has 0 saturated carbocycles. The van der Waals surface area contributed by atoms with Crippen molar-refractivity contribution in [3.05, 3.63) is 140 Å². The van der Waals surface area contributed by atoms with Crippen LogP contribution in [-0.4, -0.2) is 14.4 Å². The molecule has 4 heterocycles. The summed E-state index contributed by atoms with van der Waals surface area (Å²) in [5.41, 5.74) is 11.5. The Balaban J connectivity index is 1.25. The van der Waals surface area contributed by atoms with E-state index in [2.05, 4.69) is 120 Å². The van der Waals surface area contributed by atoms with Crippen LogP contribution < -0.4 is 0 Å². The highest BCUT2D eigenvalue weighted by molar-refractivity contribution is 6.23. The Kier molecular flexibility index (Phi) is 4.69. The molecule has 4 heteroatoms. The van der Waals surface area contributed by atoms with Crippen LogP contribution in [0.25, 0.3) is 93.5 Å². The number of aromatic nitrogens is 3. The van der Waals surface area contributed by atoms with Crippen LogP contribution in [0.2, 0.25) is 0 Å². The number of fused-ring (bicyclic) bond motifs is 13. The molecule has 4 aromatic heterocycles. The molecule has 10 aromatic rings. The number of benzene rings is 6. The molecule has 0 radical (unpaired) electrons. The normalized spacial score (nSPS) is 12.1. The maximum atomic E-state index is 6.38. The van der Waals surface area contributed by atoms with Gasteiger partial charge in [0.2, 0.25) is 0 Å². The Bertz CT molecular complexity index is 2790. The van der Waals surface area contributed by atoms with Gasteiger partial charge in [-0.2, -0.15) is 0 Å². The summed E-state index contributed by atoms with van der Waals surface area (Å²) in [6.45, 7) is 0. The zero-order valence-corrected chi connectivity index (χ0v) is 23.5. The van der Waals surface area contributed by atoms with Crippen LogP contribution in [0.1, 0.15) is 0 Å². The third-order valence-corrected chi connectivity index (χ3v) is 9.00. The van der Waals surface area contributed by atoms with Crippen LogP contribution in [0.5, 0.6) is 0 Å². The van der Waals surface area contributed by atoms with E-state index < -0.39 is 0 Å². The number of para-hydroxylation sites is 4. The topological polar surface area (TPSA) is 43.3 Å². The molecular weight excluding hydrogens is 538 g/mol. The Labute approximate surface area is 251 Å². The minimum absolute atomic E-state index is 0.909. The zero-order valence-electron chi connectivity index (χ0n) is 23.5. The molecule has 10 rings (SSSR count). The van der Waals surface area contributed by atoms with Gasteiger partial charge in [-0.25, -0.2) is 4.98 Å². The third kappa shape index (κ3) is 3.22. The first-order valence-electron chi connectivity index (χ1n) is 14.8. The number of nitrogens with zero attached hydrogens (tertiary/aromatic N) is 3. The highest BCUT2D eigenvalue weighted by Crippen LogP contribution is 2.39. The lowest BCUT2D eigenvalue weighted by molar-refractivity contribution is 0.670. The van der Waals surface area contributed by atoms with Crippen LogP contribution in [0.15, 0.2) is 144 Å². The average molecular weight is 562 g/mol. The minimum atomic E-state index is 0.909. The second-order valence-electron chi connectivity index (χ2n) is 11.4. The van der Waals surface area contributed by atoms with Gasteiger partial charge in [0.15, 0.2) is 0 Å². The van der Waals surface area contributed by atoms with Gasteiger partial charge in [-0.05, 0) is 59.2 Å². The number of imidazole rings is 1. The van der Waals surface area contributed by atoms with Crippen LogP contribution in [0, 0.1) is 0 Å². The SMILES string of the molecule is c1cc(-c2ccc3c4c(ccc5cccnc54)c4nc5ccccc5n4c3c2)cc(-c2cccc3c2oc2ccccc23)c1.